The maximum absolute atomic E-state index is 13.1. The van der Waals surface area contributed by atoms with Crippen LogP contribution < -0.4 is 0 Å². The topological polar surface area (TPSA) is 71.7 Å². The van der Waals surface area contributed by atoms with Crippen LogP contribution in [-0.4, -0.2) is 65.1 Å². The Kier molecular flexibility index (Phi) is 8.61. The first-order valence-electron chi connectivity index (χ1n) is 11.7. The van der Waals surface area contributed by atoms with Crippen LogP contribution in [0.3, 0.4) is 0 Å². The zero-order chi connectivity index (χ0) is 22.7. The third-order valence-corrected chi connectivity index (χ3v) is 5.87. The predicted molar refractivity (Wildman–Crippen MR) is 126 cm³/mol. The van der Waals surface area contributed by atoms with Gasteiger partial charge in [0.2, 0.25) is 5.91 Å². The van der Waals surface area contributed by atoms with Gasteiger partial charge in [-0.25, -0.2) is 4.98 Å². The number of ether oxygens (including phenoxy) is 1. The van der Waals surface area contributed by atoms with Gasteiger partial charge in [-0.3, -0.25) is 14.7 Å². The molecule has 0 atom stereocenters. The molecular weight excluding hydrogens is 416 g/mol. The molecule has 0 spiro atoms. The number of aryl methyl sites for hydroxylation is 1. The number of nitrogens with zero attached hydrogens (tertiary/aromatic N) is 4. The van der Waals surface area contributed by atoms with Gasteiger partial charge in [0.1, 0.15) is 0 Å². The molecule has 1 aliphatic rings. The summed E-state index contributed by atoms with van der Waals surface area (Å²) in [5.74, 6) is 1.61. The Bertz CT molecular complexity index is 971. The highest BCUT2D eigenvalue weighted by Crippen LogP contribution is 2.20. The fourth-order valence-corrected chi connectivity index (χ4v) is 4.02. The number of carbonyl (C=O) groups excluding carboxylic acids is 1. The second-order valence-corrected chi connectivity index (χ2v) is 8.32. The Morgan fingerprint density at radius 1 is 1.03 bits per heavy atom. The first-order valence-corrected chi connectivity index (χ1v) is 11.7. The number of rotatable bonds is 11. The molecule has 4 rings (SSSR count). The minimum Gasteiger partial charge on any atom is -0.441 e. The monoisotopic (exact) mass is 448 g/mol. The Morgan fingerprint density at radius 3 is 2.61 bits per heavy atom. The van der Waals surface area contributed by atoms with Crippen molar-refractivity contribution < 1.29 is 13.9 Å². The molecule has 2 aromatic heterocycles. The van der Waals surface area contributed by atoms with Gasteiger partial charge >= 0.3 is 0 Å². The molecule has 1 aromatic carbocycles. The van der Waals surface area contributed by atoms with Gasteiger partial charge < -0.3 is 14.1 Å². The number of benzene rings is 1. The van der Waals surface area contributed by atoms with E-state index < -0.39 is 0 Å². The summed E-state index contributed by atoms with van der Waals surface area (Å²) in [6.45, 7) is 5.89. The molecule has 0 saturated carbocycles. The van der Waals surface area contributed by atoms with E-state index in [4.69, 9.17) is 9.15 Å². The lowest BCUT2D eigenvalue weighted by atomic mass is 10.2. The first-order chi connectivity index (χ1) is 16.3. The Morgan fingerprint density at radius 2 is 1.82 bits per heavy atom. The summed E-state index contributed by atoms with van der Waals surface area (Å²) in [6, 6.07) is 13.9. The van der Waals surface area contributed by atoms with Crippen molar-refractivity contribution in [2.75, 3.05) is 39.4 Å². The van der Waals surface area contributed by atoms with Crippen LogP contribution in [0.25, 0.3) is 11.3 Å². The number of hydrogen-bond donors (Lipinski definition) is 0. The van der Waals surface area contributed by atoms with Crippen LogP contribution in [0.5, 0.6) is 0 Å². The second kappa shape index (κ2) is 12.3. The minimum atomic E-state index is 0.170. The fraction of sp³-hybridized carbons (Fsp3) is 0.423. The van der Waals surface area contributed by atoms with E-state index in [9.17, 15) is 4.79 Å². The van der Waals surface area contributed by atoms with Crippen molar-refractivity contribution in [1.29, 1.82) is 0 Å². The van der Waals surface area contributed by atoms with E-state index in [0.29, 0.717) is 31.7 Å². The average molecular weight is 449 g/mol. The molecule has 0 N–H and O–H groups in total. The number of oxazole rings is 1. The lowest BCUT2D eigenvalue weighted by Crippen LogP contribution is -2.39. The van der Waals surface area contributed by atoms with Gasteiger partial charge in [0.15, 0.2) is 11.7 Å². The summed E-state index contributed by atoms with van der Waals surface area (Å²) in [6.07, 6.45) is 8.10. The summed E-state index contributed by atoms with van der Waals surface area (Å²) >= 11 is 0. The van der Waals surface area contributed by atoms with E-state index in [1.807, 2.05) is 47.4 Å². The molecule has 1 saturated heterocycles. The zero-order valence-corrected chi connectivity index (χ0v) is 19.1. The number of amides is 1. The van der Waals surface area contributed by atoms with Crippen molar-refractivity contribution in [2.45, 2.75) is 32.2 Å². The summed E-state index contributed by atoms with van der Waals surface area (Å²) in [5.41, 5.74) is 2.11. The third kappa shape index (κ3) is 7.23. The van der Waals surface area contributed by atoms with Crippen LogP contribution in [0.15, 0.2) is 65.5 Å². The normalized spacial score (nSPS) is 14.3. The maximum Gasteiger partial charge on any atom is 0.222 e. The van der Waals surface area contributed by atoms with Gasteiger partial charge in [-0.15, -0.1) is 0 Å². The van der Waals surface area contributed by atoms with Gasteiger partial charge in [0.05, 0.1) is 19.4 Å². The number of hydrogen-bond acceptors (Lipinski definition) is 6. The Balaban J connectivity index is 1.28. The minimum absolute atomic E-state index is 0.170. The number of aromatic nitrogens is 2. The van der Waals surface area contributed by atoms with Crippen molar-refractivity contribution in [1.82, 2.24) is 19.8 Å². The molecule has 0 radical (unpaired) electrons. The molecule has 174 valence electrons. The Labute approximate surface area is 195 Å². The van der Waals surface area contributed by atoms with Gasteiger partial charge in [-0.2, -0.15) is 0 Å². The second-order valence-electron chi connectivity index (χ2n) is 8.32. The molecule has 7 nitrogen and oxygen atoms in total. The summed E-state index contributed by atoms with van der Waals surface area (Å²) in [4.78, 5) is 25.9. The highest BCUT2D eigenvalue weighted by Gasteiger charge is 2.16. The lowest BCUT2D eigenvalue weighted by molar-refractivity contribution is -0.132. The number of carbonyl (C=O) groups is 1. The molecule has 1 fully saturated rings. The maximum atomic E-state index is 13.1. The largest absolute Gasteiger partial charge is 0.441 e. The van der Waals surface area contributed by atoms with E-state index in [1.165, 1.54) is 0 Å². The quantitative estimate of drug-likeness (QED) is 0.444. The van der Waals surface area contributed by atoms with Crippen LogP contribution >= 0.6 is 0 Å². The van der Waals surface area contributed by atoms with Crippen LogP contribution in [0, 0.1) is 0 Å². The molecule has 7 heteroatoms. The van der Waals surface area contributed by atoms with Gasteiger partial charge in [-0.05, 0) is 30.5 Å². The molecular formula is C26H32N4O3. The van der Waals surface area contributed by atoms with E-state index in [0.717, 1.165) is 62.7 Å². The van der Waals surface area contributed by atoms with E-state index in [-0.39, 0.29) is 5.91 Å². The highest BCUT2D eigenvalue weighted by molar-refractivity contribution is 5.76. The molecule has 3 heterocycles. The molecule has 0 aliphatic carbocycles. The van der Waals surface area contributed by atoms with E-state index in [1.54, 1.807) is 18.6 Å². The predicted octanol–water partition coefficient (Wildman–Crippen LogP) is 3.81. The molecule has 1 amide bonds. The van der Waals surface area contributed by atoms with Crippen LogP contribution in [-0.2, 0) is 22.5 Å². The van der Waals surface area contributed by atoms with Gasteiger partial charge in [0, 0.05) is 63.5 Å². The third-order valence-electron chi connectivity index (χ3n) is 5.87. The molecule has 1 aliphatic heterocycles. The highest BCUT2D eigenvalue weighted by atomic mass is 16.5. The molecule has 0 bridgehead atoms. The van der Waals surface area contributed by atoms with Crippen LogP contribution in [0.4, 0.5) is 0 Å². The van der Waals surface area contributed by atoms with Crippen molar-refractivity contribution in [3.05, 3.63) is 72.5 Å². The lowest BCUT2D eigenvalue weighted by Gasteiger charge is -2.28. The number of morpholine rings is 1. The molecule has 33 heavy (non-hydrogen) atoms. The fourth-order valence-electron chi connectivity index (χ4n) is 4.02. The smallest absolute Gasteiger partial charge is 0.222 e. The zero-order valence-electron chi connectivity index (χ0n) is 19.1. The standard InChI is InChI=1S/C26H32N4O3/c31-26(9-4-8-25-28-20-24(33-25)23-6-2-1-3-7-23)30(21-22-10-12-27-13-11-22)15-5-14-29-16-18-32-19-17-29/h1-3,6-7,10-13,20H,4-5,8-9,14-19,21H2. The first kappa shape index (κ1) is 23.1. The molecule has 0 unspecified atom stereocenters. The summed E-state index contributed by atoms with van der Waals surface area (Å²) in [7, 11) is 0. The van der Waals surface area contributed by atoms with Crippen molar-refractivity contribution in [3.8, 4) is 11.3 Å². The van der Waals surface area contributed by atoms with Crippen molar-refractivity contribution in [3.63, 3.8) is 0 Å². The van der Waals surface area contributed by atoms with E-state index in [2.05, 4.69) is 14.9 Å². The average Bonchev–Trinajstić information content (AvgIpc) is 3.34. The number of pyridine rings is 1. The van der Waals surface area contributed by atoms with Crippen LogP contribution in [0.2, 0.25) is 0 Å². The van der Waals surface area contributed by atoms with Gasteiger partial charge in [0.25, 0.3) is 0 Å². The van der Waals surface area contributed by atoms with Crippen molar-refractivity contribution in [2.24, 2.45) is 0 Å². The summed E-state index contributed by atoms with van der Waals surface area (Å²) in [5, 5.41) is 0. The van der Waals surface area contributed by atoms with Crippen LogP contribution in [0.1, 0.15) is 30.7 Å². The summed E-state index contributed by atoms with van der Waals surface area (Å²) < 4.78 is 11.3. The Hall–Kier alpha value is -3.03. The SMILES string of the molecule is O=C(CCCc1ncc(-c2ccccc2)o1)N(CCCN1CCOCC1)Cc1ccncc1. The van der Waals surface area contributed by atoms with Gasteiger partial charge in [-0.1, -0.05) is 30.3 Å². The van der Waals surface area contributed by atoms with Crippen molar-refractivity contribution >= 4 is 5.91 Å². The van der Waals surface area contributed by atoms with E-state index >= 15 is 0 Å². The molecule has 3 aromatic rings.